The van der Waals surface area contributed by atoms with E-state index >= 15 is 0 Å². The van der Waals surface area contributed by atoms with Gasteiger partial charge < -0.3 is 23.6 Å². The van der Waals surface area contributed by atoms with E-state index in [4.69, 9.17) is 30.3 Å². The summed E-state index contributed by atoms with van der Waals surface area (Å²) in [5.41, 5.74) is 2.17. The van der Waals surface area contributed by atoms with Crippen molar-refractivity contribution in [3.63, 3.8) is 0 Å². The number of aromatic nitrogens is 1. The highest BCUT2D eigenvalue weighted by molar-refractivity contribution is 6.30. The number of likely N-dealkylation sites (N-methyl/N-ethyl adjacent to an activating group) is 1. The predicted octanol–water partition coefficient (Wildman–Crippen LogP) is 4.68. The number of methoxy groups -OCH3 is 1. The molecule has 1 heterocycles. The minimum absolute atomic E-state index is 0.143. The van der Waals surface area contributed by atoms with E-state index in [0.29, 0.717) is 53.4 Å². The van der Waals surface area contributed by atoms with Gasteiger partial charge in [0, 0.05) is 17.6 Å². The first kappa shape index (κ1) is 22.5. The lowest BCUT2D eigenvalue weighted by atomic mass is 10.1. The third-order valence-corrected chi connectivity index (χ3v) is 5.07. The number of nitrogens with zero attached hydrogens (tertiary/aromatic N) is 2. The summed E-state index contributed by atoms with van der Waals surface area (Å²) < 4.78 is 22.1. The van der Waals surface area contributed by atoms with Crippen molar-refractivity contribution in [3.8, 4) is 17.2 Å². The number of ether oxygens (including phenoxy) is 3. The molecule has 0 saturated carbocycles. The molecule has 0 atom stereocenters. The molecule has 0 radical (unpaired) electrons. The second kappa shape index (κ2) is 10.2. The van der Waals surface area contributed by atoms with E-state index in [-0.39, 0.29) is 5.91 Å². The van der Waals surface area contributed by atoms with Crippen LogP contribution in [0.1, 0.15) is 27.4 Å². The fraction of sp³-hybridized carbons (Fsp3) is 0.304. The number of rotatable bonds is 9. The molecule has 0 bridgehead atoms. The molecule has 1 aromatic heterocycles. The first-order chi connectivity index (χ1) is 14.9. The van der Waals surface area contributed by atoms with Gasteiger partial charge in [0.05, 0.1) is 24.9 Å². The molecule has 0 saturated heterocycles. The highest BCUT2D eigenvalue weighted by Gasteiger charge is 2.16. The number of hydrogen-bond donors (Lipinski definition) is 0. The second-order valence-corrected chi connectivity index (χ2v) is 7.42. The number of amides is 1. The van der Waals surface area contributed by atoms with E-state index in [1.165, 1.54) is 7.11 Å². The molecule has 0 aliphatic carbocycles. The van der Waals surface area contributed by atoms with Crippen LogP contribution < -0.4 is 14.2 Å². The Kier molecular flexibility index (Phi) is 7.41. The molecule has 0 fully saturated rings. The van der Waals surface area contributed by atoms with Crippen molar-refractivity contribution in [2.24, 2.45) is 0 Å². The summed E-state index contributed by atoms with van der Waals surface area (Å²) in [6.45, 7) is 4.78. The molecule has 0 aliphatic rings. The molecule has 164 valence electrons. The minimum atomic E-state index is -0.143. The monoisotopic (exact) mass is 444 g/mol. The third kappa shape index (κ3) is 5.70. The normalized spacial score (nSPS) is 10.6. The highest BCUT2D eigenvalue weighted by atomic mass is 35.5. The molecular weight excluding hydrogens is 420 g/mol. The van der Waals surface area contributed by atoms with Gasteiger partial charge in [0.2, 0.25) is 0 Å². The molecule has 7 nitrogen and oxygen atoms in total. The SMILES string of the molecule is COc1cc(C(=O)N(C)CCOc2ccc(Cl)cc2)ccc1OCc1c(C)noc1C. The Balaban J connectivity index is 1.59. The van der Waals surface area contributed by atoms with Crippen LogP contribution in [0, 0.1) is 13.8 Å². The number of aryl methyl sites for hydroxylation is 2. The van der Waals surface area contributed by atoms with E-state index < -0.39 is 0 Å². The quantitative estimate of drug-likeness (QED) is 0.477. The topological polar surface area (TPSA) is 74.0 Å². The molecule has 0 N–H and O–H groups in total. The summed E-state index contributed by atoms with van der Waals surface area (Å²) in [5, 5.41) is 4.57. The summed E-state index contributed by atoms with van der Waals surface area (Å²) in [5.74, 6) is 2.28. The second-order valence-electron chi connectivity index (χ2n) is 6.99. The van der Waals surface area contributed by atoms with Gasteiger partial charge in [-0.05, 0) is 56.3 Å². The first-order valence-electron chi connectivity index (χ1n) is 9.75. The summed E-state index contributed by atoms with van der Waals surface area (Å²) >= 11 is 5.87. The van der Waals surface area contributed by atoms with E-state index in [1.54, 1.807) is 54.4 Å². The maximum atomic E-state index is 12.8. The van der Waals surface area contributed by atoms with Gasteiger partial charge in [0.15, 0.2) is 11.5 Å². The minimum Gasteiger partial charge on any atom is -0.493 e. The Morgan fingerprint density at radius 2 is 1.84 bits per heavy atom. The van der Waals surface area contributed by atoms with Crippen LogP contribution in [0.3, 0.4) is 0 Å². The van der Waals surface area contributed by atoms with E-state index in [1.807, 2.05) is 13.8 Å². The van der Waals surface area contributed by atoms with Gasteiger partial charge in [-0.1, -0.05) is 16.8 Å². The van der Waals surface area contributed by atoms with E-state index in [0.717, 1.165) is 11.3 Å². The van der Waals surface area contributed by atoms with E-state index in [9.17, 15) is 4.79 Å². The van der Waals surface area contributed by atoms with Crippen LogP contribution in [-0.4, -0.2) is 43.3 Å². The standard InChI is InChI=1S/C23H25ClN2O5/c1-15-20(16(2)31-25-15)14-30-21-10-5-17(13-22(21)28-4)23(27)26(3)11-12-29-19-8-6-18(24)7-9-19/h5-10,13H,11-12,14H2,1-4H3. The average Bonchev–Trinajstić information content (AvgIpc) is 3.10. The van der Waals surface area contributed by atoms with Crippen molar-refractivity contribution >= 4 is 17.5 Å². The Morgan fingerprint density at radius 3 is 2.48 bits per heavy atom. The van der Waals surface area contributed by atoms with Crippen molar-refractivity contribution < 1.29 is 23.5 Å². The fourth-order valence-electron chi connectivity index (χ4n) is 2.93. The molecule has 2 aromatic carbocycles. The Bertz CT molecular complexity index is 1010. The molecule has 1 amide bonds. The lowest BCUT2D eigenvalue weighted by Gasteiger charge is -2.18. The zero-order chi connectivity index (χ0) is 22.4. The van der Waals surface area contributed by atoms with Crippen LogP contribution in [0.15, 0.2) is 47.0 Å². The van der Waals surface area contributed by atoms with Crippen molar-refractivity contribution in [2.75, 3.05) is 27.3 Å². The van der Waals surface area contributed by atoms with Crippen LogP contribution in [0.4, 0.5) is 0 Å². The number of benzene rings is 2. The van der Waals surface area contributed by atoms with Crippen LogP contribution >= 0.6 is 11.6 Å². The molecule has 0 unspecified atom stereocenters. The van der Waals surface area contributed by atoms with E-state index in [2.05, 4.69) is 5.16 Å². The van der Waals surface area contributed by atoms with Crippen LogP contribution in [0.25, 0.3) is 0 Å². The van der Waals surface area contributed by atoms with Gasteiger partial charge in [-0.3, -0.25) is 4.79 Å². The largest absolute Gasteiger partial charge is 0.493 e. The van der Waals surface area contributed by atoms with Crippen LogP contribution in [0.2, 0.25) is 5.02 Å². The molecule has 8 heteroatoms. The van der Waals surface area contributed by atoms with Gasteiger partial charge >= 0.3 is 0 Å². The Hall–Kier alpha value is -3.19. The third-order valence-electron chi connectivity index (χ3n) is 4.82. The number of halogens is 1. The van der Waals surface area contributed by atoms with Crippen molar-refractivity contribution in [1.29, 1.82) is 0 Å². The fourth-order valence-corrected chi connectivity index (χ4v) is 3.06. The van der Waals surface area contributed by atoms with Gasteiger partial charge in [-0.25, -0.2) is 0 Å². The summed E-state index contributed by atoms with van der Waals surface area (Å²) in [6.07, 6.45) is 0. The van der Waals surface area contributed by atoms with Crippen LogP contribution in [-0.2, 0) is 6.61 Å². The molecule has 3 aromatic rings. The molecule has 0 spiro atoms. The van der Waals surface area contributed by atoms with Gasteiger partial charge in [0.25, 0.3) is 5.91 Å². The maximum Gasteiger partial charge on any atom is 0.253 e. The van der Waals surface area contributed by atoms with Gasteiger partial charge in [0.1, 0.15) is 24.7 Å². The molecule has 0 aliphatic heterocycles. The van der Waals surface area contributed by atoms with Gasteiger partial charge in [-0.2, -0.15) is 0 Å². The number of hydrogen-bond acceptors (Lipinski definition) is 6. The highest BCUT2D eigenvalue weighted by Crippen LogP contribution is 2.30. The number of carbonyl (C=O) groups excluding carboxylic acids is 1. The zero-order valence-corrected chi connectivity index (χ0v) is 18.7. The predicted molar refractivity (Wildman–Crippen MR) is 117 cm³/mol. The Morgan fingerprint density at radius 1 is 1.10 bits per heavy atom. The summed E-state index contributed by atoms with van der Waals surface area (Å²) in [7, 11) is 3.26. The summed E-state index contributed by atoms with van der Waals surface area (Å²) in [4.78, 5) is 14.4. The van der Waals surface area contributed by atoms with Crippen molar-refractivity contribution in [2.45, 2.75) is 20.5 Å². The smallest absolute Gasteiger partial charge is 0.253 e. The lowest BCUT2D eigenvalue weighted by Crippen LogP contribution is -2.30. The molecule has 31 heavy (non-hydrogen) atoms. The van der Waals surface area contributed by atoms with Crippen molar-refractivity contribution in [1.82, 2.24) is 10.1 Å². The number of carbonyl (C=O) groups is 1. The average molecular weight is 445 g/mol. The van der Waals surface area contributed by atoms with Gasteiger partial charge in [-0.15, -0.1) is 0 Å². The van der Waals surface area contributed by atoms with Crippen molar-refractivity contribution in [3.05, 3.63) is 70.1 Å². The lowest BCUT2D eigenvalue weighted by molar-refractivity contribution is 0.0773. The molecule has 3 rings (SSSR count). The zero-order valence-electron chi connectivity index (χ0n) is 18.0. The van der Waals surface area contributed by atoms with Crippen LogP contribution in [0.5, 0.6) is 17.2 Å². The summed E-state index contributed by atoms with van der Waals surface area (Å²) in [6, 6.07) is 12.2. The molecular formula is C23H25ClN2O5. The maximum absolute atomic E-state index is 12.8. The Labute approximate surface area is 186 Å². The first-order valence-corrected chi connectivity index (χ1v) is 10.1.